The number of hydrogen-bond acceptors (Lipinski definition) is 3. The number of nitrogens with zero attached hydrogens (tertiary/aromatic N) is 1. The van der Waals surface area contributed by atoms with E-state index in [0.717, 1.165) is 32.4 Å². The lowest BCUT2D eigenvalue weighted by Gasteiger charge is -2.35. The Bertz CT molecular complexity index is 348. The predicted molar refractivity (Wildman–Crippen MR) is 75.7 cm³/mol. The minimum absolute atomic E-state index is 0.0981. The topological polar surface area (TPSA) is 41.6 Å². The van der Waals surface area contributed by atoms with Gasteiger partial charge in [0.25, 0.3) is 0 Å². The van der Waals surface area contributed by atoms with Gasteiger partial charge in [0.05, 0.1) is 11.7 Å². The summed E-state index contributed by atoms with van der Waals surface area (Å²) in [5.74, 6) is 0.763. The molecule has 1 aliphatic heterocycles. The Balaban J connectivity index is 2.06. The smallest absolute Gasteiger partial charge is 0.244 e. The van der Waals surface area contributed by atoms with Gasteiger partial charge in [0.15, 0.2) is 0 Å². The van der Waals surface area contributed by atoms with Crippen LogP contribution >= 0.6 is 0 Å². The summed E-state index contributed by atoms with van der Waals surface area (Å²) in [6, 6.07) is 0. The van der Waals surface area contributed by atoms with Crippen molar-refractivity contribution < 1.29 is 9.53 Å². The molecule has 1 atom stereocenters. The Morgan fingerprint density at radius 1 is 1.47 bits per heavy atom. The Morgan fingerprint density at radius 2 is 2.11 bits per heavy atom. The van der Waals surface area contributed by atoms with Crippen LogP contribution in [0.25, 0.3) is 0 Å². The number of nitrogens with one attached hydrogen (secondary N) is 1. The van der Waals surface area contributed by atoms with Crippen molar-refractivity contribution in [1.82, 2.24) is 10.2 Å². The maximum absolute atomic E-state index is 12.6. The Kier molecular flexibility index (Phi) is 3.94. The van der Waals surface area contributed by atoms with Gasteiger partial charge in [-0.15, -0.1) is 0 Å². The van der Waals surface area contributed by atoms with Crippen molar-refractivity contribution in [3.8, 4) is 0 Å². The summed E-state index contributed by atoms with van der Waals surface area (Å²) in [6.45, 7) is 10.4. The standard InChI is InChI=1S/C15H28N2O2/c1-11(2)12-16-15(6-7-15)13(18)17(12)10-14(3,4)8-9-19-5/h11-12,16H,6-10H2,1-5H3. The van der Waals surface area contributed by atoms with Gasteiger partial charge < -0.3 is 9.64 Å². The zero-order valence-corrected chi connectivity index (χ0v) is 13.0. The van der Waals surface area contributed by atoms with Crippen LogP contribution in [-0.4, -0.2) is 42.8 Å². The van der Waals surface area contributed by atoms with Gasteiger partial charge in [0.1, 0.15) is 0 Å². The first-order chi connectivity index (χ1) is 8.81. The van der Waals surface area contributed by atoms with Gasteiger partial charge in [0.2, 0.25) is 5.91 Å². The first-order valence-corrected chi connectivity index (χ1v) is 7.39. The van der Waals surface area contributed by atoms with Gasteiger partial charge in [-0.05, 0) is 30.6 Å². The molecule has 1 amide bonds. The molecule has 0 aromatic carbocycles. The highest BCUT2D eigenvalue weighted by molar-refractivity contribution is 5.91. The summed E-state index contributed by atoms with van der Waals surface area (Å²) in [5, 5.41) is 3.56. The lowest BCUT2D eigenvalue weighted by molar-refractivity contribution is -0.132. The van der Waals surface area contributed by atoms with Crippen LogP contribution in [0, 0.1) is 11.3 Å². The molecule has 4 nitrogen and oxygen atoms in total. The van der Waals surface area contributed by atoms with Crippen LogP contribution < -0.4 is 5.32 Å². The normalized spacial score (nSPS) is 25.7. The Labute approximate surface area is 116 Å². The van der Waals surface area contributed by atoms with Crippen molar-refractivity contribution in [3.05, 3.63) is 0 Å². The fourth-order valence-electron chi connectivity index (χ4n) is 2.92. The van der Waals surface area contributed by atoms with E-state index in [1.165, 1.54) is 0 Å². The summed E-state index contributed by atoms with van der Waals surface area (Å²) in [7, 11) is 1.73. The lowest BCUT2D eigenvalue weighted by atomic mass is 9.88. The molecule has 110 valence electrons. The van der Waals surface area contributed by atoms with E-state index in [-0.39, 0.29) is 17.1 Å². The number of carbonyl (C=O) groups is 1. The molecule has 0 bridgehead atoms. The van der Waals surface area contributed by atoms with Crippen LogP contribution in [0.15, 0.2) is 0 Å². The molecule has 2 rings (SSSR count). The molecule has 2 aliphatic rings. The van der Waals surface area contributed by atoms with Crippen molar-refractivity contribution in [1.29, 1.82) is 0 Å². The molecule has 1 spiro atoms. The van der Waals surface area contributed by atoms with E-state index in [0.29, 0.717) is 11.8 Å². The van der Waals surface area contributed by atoms with Gasteiger partial charge >= 0.3 is 0 Å². The SMILES string of the molecule is COCCC(C)(C)CN1C(=O)C2(CC2)NC1C(C)C. The van der Waals surface area contributed by atoms with Gasteiger partial charge in [-0.1, -0.05) is 27.7 Å². The molecule has 1 heterocycles. The maximum Gasteiger partial charge on any atom is 0.244 e. The second kappa shape index (κ2) is 5.06. The van der Waals surface area contributed by atoms with E-state index >= 15 is 0 Å². The third-order valence-electron chi connectivity index (χ3n) is 4.39. The lowest BCUT2D eigenvalue weighted by Crippen LogP contribution is -2.46. The Hall–Kier alpha value is -0.610. The molecule has 19 heavy (non-hydrogen) atoms. The number of carbonyl (C=O) groups excluding carboxylic acids is 1. The first kappa shape index (κ1) is 14.8. The van der Waals surface area contributed by atoms with Crippen LogP contribution in [0.5, 0.6) is 0 Å². The monoisotopic (exact) mass is 268 g/mol. The average molecular weight is 268 g/mol. The molecule has 0 aromatic rings. The summed E-state index contributed by atoms with van der Waals surface area (Å²) >= 11 is 0. The van der Waals surface area contributed by atoms with E-state index in [2.05, 4.69) is 37.9 Å². The highest BCUT2D eigenvalue weighted by atomic mass is 16.5. The van der Waals surface area contributed by atoms with Crippen LogP contribution in [0.4, 0.5) is 0 Å². The van der Waals surface area contributed by atoms with E-state index in [1.807, 2.05) is 0 Å². The molecule has 1 unspecified atom stereocenters. The minimum Gasteiger partial charge on any atom is -0.385 e. The van der Waals surface area contributed by atoms with Crippen LogP contribution in [0.2, 0.25) is 0 Å². The van der Waals surface area contributed by atoms with Gasteiger partial charge in [-0.2, -0.15) is 0 Å². The highest BCUT2D eigenvalue weighted by Crippen LogP contribution is 2.44. The molecule has 4 heteroatoms. The maximum atomic E-state index is 12.6. The van der Waals surface area contributed by atoms with Crippen molar-refractivity contribution in [2.24, 2.45) is 11.3 Å². The van der Waals surface area contributed by atoms with E-state index < -0.39 is 0 Å². The largest absolute Gasteiger partial charge is 0.385 e. The second-order valence-electron chi connectivity index (χ2n) is 7.26. The third kappa shape index (κ3) is 2.95. The Morgan fingerprint density at radius 3 is 2.58 bits per heavy atom. The van der Waals surface area contributed by atoms with Gasteiger partial charge in [-0.25, -0.2) is 0 Å². The molecular formula is C15H28N2O2. The third-order valence-corrected chi connectivity index (χ3v) is 4.39. The summed E-state index contributed by atoms with van der Waals surface area (Å²) in [5.41, 5.74) is -0.104. The highest BCUT2D eigenvalue weighted by Gasteiger charge is 2.59. The van der Waals surface area contributed by atoms with Crippen molar-refractivity contribution in [2.75, 3.05) is 20.3 Å². The average Bonchev–Trinajstić information content (AvgIpc) is 3.05. The molecular weight excluding hydrogens is 240 g/mol. The quantitative estimate of drug-likeness (QED) is 0.801. The number of ether oxygens (including phenoxy) is 1. The number of amides is 1. The van der Waals surface area contributed by atoms with Crippen LogP contribution in [-0.2, 0) is 9.53 Å². The van der Waals surface area contributed by atoms with E-state index in [4.69, 9.17) is 4.74 Å². The zero-order chi connectivity index (χ0) is 14.3. The summed E-state index contributed by atoms with van der Waals surface area (Å²) in [6.07, 6.45) is 3.18. The first-order valence-electron chi connectivity index (χ1n) is 7.39. The predicted octanol–water partition coefficient (Wildman–Crippen LogP) is 2.00. The van der Waals surface area contributed by atoms with Gasteiger partial charge in [-0.3, -0.25) is 10.1 Å². The summed E-state index contributed by atoms with van der Waals surface area (Å²) in [4.78, 5) is 14.7. The molecule has 1 aliphatic carbocycles. The summed E-state index contributed by atoms with van der Waals surface area (Å²) < 4.78 is 5.18. The second-order valence-corrected chi connectivity index (χ2v) is 7.26. The molecule has 0 radical (unpaired) electrons. The molecule has 1 saturated carbocycles. The minimum atomic E-state index is -0.202. The molecule has 1 N–H and O–H groups in total. The van der Waals surface area contributed by atoms with Crippen molar-refractivity contribution in [3.63, 3.8) is 0 Å². The van der Waals surface area contributed by atoms with Crippen molar-refractivity contribution in [2.45, 2.75) is 58.7 Å². The fourth-order valence-corrected chi connectivity index (χ4v) is 2.92. The zero-order valence-electron chi connectivity index (χ0n) is 13.0. The number of methoxy groups -OCH3 is 1. The fraction of sp³-hybridized carbons (Fsp3) is 0.933. The van der Waals surface area contributed by atoms with Crippen LogP contribution in [0.1, 0.15) is 47.0 Å². The van der Waals surface area contributed by atoms with E-state index in [9.17, 15) is 4.79 Å². The number of rotatable bonds is 6. The number of hydrogen-bond donors (Lipinski definition) is 1. The van der Waals surface area contributed by atoms with Crippen molar-refractivity contribution >= 4 is 5.91 Å². The van der Waals surface area contributed by atoms with Gasteiger partial charge in [0, 0.05) is 20.3 Å². The molecule has 2 fully saturated rings. The molecule has 0 aromatic heterocycles. The molecule has 1 saturated heterocycles. The van der Waals surface area contributed by atoms with Crippen LogP contribution in [0.3, 0.4) is 0 Å². The van der Waals surface area contributed by atoms with E-state index in [1.54, 1.807) is 7.11 Å².